The van der Waals surface area contributed by atoms with Gasteiger partial charge in [-0.15, -0.1) is 5.10 Å². The first-order valence-corrected chi connectivity index (χ1v) is 12.6. The monoisotopic (exact) mass is 538 g/mol. The summed E-state index contributed by atoms with van der Waals surface area (Å²) < 4.78 is 52.7. The predicted octanol–water partition coefficient (Wildman–Crippen LogP) is 4.30. The zero-order chi connectivity index (χ0) is 27.4. The fourth-order valence-corrected chi connectivity index (χ4v) is 5.27. The van der Waals surface area contributed by atoms with E-state index in [1.165, 1.54) is 31.4 Å². The van der Waals surface area contributed by atoms with Crippen LogP contribution < -0.4 is 14.8 Å². The van der Waals surface area contributed by atoms with E-state index in [1.54, 1.807) is 6.07 Å². The zero-order valence-corrected chi connectivity index (χ0v) is 21.6. The van der Waals surface area contributed by atoms with Gasteiger partial charge < -0.3 is 14.8 Å². The maximum atomic E-state index is 13.6. The average molecular weight is 539 g/mol. The number of hydrogen-bond acceptors (Lipinski definition) is 7. The van der Waals surface area contributed by atoms with Crippen LogP contribution in [-0.2, 0) is 12.7 Å². The van der Waals surface area contributed by atoms with Crippen molar-refractivity contribution >= 4 is 0 Å². The van der Waals surface area contributed by atoms with Crippen LogP contribution in [0, 0.1) is 0 Å². The molecule has 3 aromatic carbocycles. The highest BCUT2D eigenvalue weighted by atomic mass is 19.4. The molecule has 0 saturated carbocycles. The highest BCUT2D eigenvalue weighted by Crippen LogP contribution is 2.38. The summed E-state index contributed by atoms with van der Waals surface area (Å²) >= 11 is 0. The van der Waals surface area contributed by atoms with Gasteiger partial charge >= 0.3 is 6.18 Å². The largest absolute Gasteiger partial charge is 0.496 e. The second-order valence-electron chi connectivity index (χ2n) is 9.31. The zero-order valence-electron chi connectivity index (χ0n) is 21.6. The van der Waals surface area contributed by atoms with Crippen molar-refractivity contribution in [2.75, 3.05) is 33.9 Å². The number of methoxy groups -OCH3 is 2. The van der Waals surface area contributed by atoms with Crippen molar-refractivity contribution < 1.29 is 22.6 Å². The van der Waals surface area contributed by atoms with Crippen molar-refractivity contribution in [1.82, 2.24) is 30.4 Å². The number of aromatic nitrogens is 4. The molecular weight excluding hydrogens is 509 g/mol. The number of nitrogens with zero attached hydrogens (tertiary/aromatic N) is 5. The third-order valence-electron chi connectivity index (χ3n) is 6.96. The summed E-state index contributed by atoms with van der Waals surface area (Å²) in [5.74, 6) is -0.381. The molecule has 0 aliphatic carbocycles. The molecule has 1 aromatic heterocycles. The molecule has 0 radical (unpaired) electrons. The van der Waals surface area contributed by atoms with Crippen LogP contribution in [0.15, 0.2) is 72.8 Å². The minimum Gasteiger partial charge on any atom is -0.496 e. The third-order valence-corrected chi connectivity index (χ3v) is 6.96. The summed E-state index contributed by atoms with van der Waals surface area (Å²) in [4.78, 5) is 2.26. The summed E-state index contributed by atoms with van der Waals surface area (Å²) in [6, 6.07) is 23.9. The Hall–Kier alpha value is -3.96. The Morgan fingerprint density at radius 2 is 1.62 bits per heavy atom. The highest BCUT2D eigenvalue weighted by Gasteiger charge is 2.39. The Bertz CT molecular complexity index is 1340. The minimum atomic E-state index is -4.73. The maximum Gasteiger partial charge on any atom is 0.453 e. The minimum absolute atomic E-state index is 0.0868. The number of rotatable bonds is 8. The van der Waals surface area contributed by atoms with E-state index in [2.05, 4.69) is 50.0 Å². The van der Waals surface area contributed by atoms with Gasteiger partial charge in [0.15, 0.2) is 5.75 Å². The number of ether oxygens (including phenoxy) is 2. The van der Waals surface area contributed by atoms with Crippen molar-refractivity contribution in [3.8, 4) is 17.2 Å². The molecule has 0 spiro atoms. The van der Waals surface area contributed by atoms with Gasteiger partial charge in [-0.25, -0.2) is 0 Å². The van der Waals surface area contributed by atoms with E-state index in [0.717, 1.165) is 13.1 Å². The van der Waals surface area contributed by atoms with Crippen LogP contribution in [0.2, 0.25) is 0 Å². The molecule has 204 valence electrons. The number of halogens is 3. The molecule has 0 amide bonds. The second kappa shape index (κ2) is 11.4. The first-order chi connectivity index (χ1) is 18.9. The Balaban J connectivity index is 1.48. The SMILES string of the molecule is COc1ccc(-n2nnnc2C(F)(F)F)c(OC)c1CN1CCN[C@H](C(c2ccccc2)c2ccccc2)C1. The van der Waals surface area contributed by atoms with Crippen LogP contribution in [0.4, 0.5) is 13.2 Å². The molecule has 1 saturated heterocycles. The first kappa shape index (κ1) is 26.6. The van der Waals surface area contributed by atoms with Gasteiger partial charge in [-0.1, -0.05) is 60.7 Å². The quantitative estimate of drug-likeness (QED) is 0.358. The summed E-state index contributed by atoms with van der Waals surface area (Å²) in [6.07, 6.45) is -4.73. The van der Waals surface area contributed by atoms with E-state index < -0.39 is 12.0 Å². The molecular formula is C28H29F3N6O2. The lowest BCUT2D eigenvalue weighted by Crippen LogP contribution is -2.52. The van der Waals surface area contributed by atoms with Gasteiger partial charge in [-0.2, -0.15) is 17.9 Å². The summed E-state index contributed by atoms with van der Waals surface area (Å²) in [5.41, 5.74) is 3.12. The van der Waals surface area contributed by atoms with Crippen molar-refractivity contribution in [1.29, 1.82) is 0 Å². The van der Waals surface area contributed by atoms with Gasteiger partial charge in [0, 0.05) is 38.1 Å². The van der Waals surface area contributed by atoms with E-state index in [4.69, 9.17) is 9.47 Å². The van der Waals surface area contributed by atoms with E-state index in [1.807, 2.05) is 36.4 Å². The molecule has 1 aliphatic rings. The molecule has 5 rings (SSSR count). The fraction of sp³-hybridized carbons (Fsp3) is 0.321. The Labute approximate surface area is 224 Å². The molecule has 1 fully saturated rings. The molecule has 39 heavy (non-hydrogen) atoms. The lowest BCUT2D eigenvalue weighted by Gasteiger charge is -2.38. The molecule has 8 nitrogen and oxygen atoms in total. The average Bonchev–Trinajstić information content (AvgIpc) is 3.45. The highest BCUT2D eigenvalue weighted by molar-refractivity contribution is 5.58. The Morgan fingerprint density at radius 1 is 0.949 bits per heavy atom. The van der Waals surface area contributed by atoms with Crippen molar-refractivity contribution in [2.24, 2.45) is 0 Å². The van der Waals surface area contributed by atoms with Crippen LogP contribution in [0.5, 0.6) is 11.5 Å². The number of nitrogens with one attached hydrogen (secondary N) is 1. The van der Waals surface area contributed by atoms with Crippen molar-refractivity contribution in [2.45, 2.75) is 24.7 Å². The molecule has 1 atom stereocenters. The molecule has 1 N–H and O–H groups in total. The van der Waals surface area contributed by atoms with Gasteiger partial charge in [0.2, 0.25) is 0 Å². The smallest absolute Gasteiger partial charge is 0.453 e. The predicted molar refractivity (Wildman–Crippen MR) is 139 cm³/mol. The summed E-state index contributed by atoms with van der Waals surface area (Å²) in [6.45, 7) is 2.58. The van der Waals surface area contributed by atoms with Gasteiger partial charge in [0.05, 0.1) is 19.8 Å². The van der Waals surface area contributed by atoms with E-state index in [-0.39, 0.29) is 23.4 Å². The lowest BCUT2D eigenvalue weighted by atomic mass is 9.84. The van der Waals surface area contributed by atoms with Gasteiger partial charge in [-0.05, 0) is 33.7 Å². The molecule has 0 unspecified atom stereocenters. The van der Waals surface area contributed by atoms with Gasteiger partial charge in [0.1, 0.15) is 11.4 Å². The fourth-order valence-electron chi connectivity index (χ4n) is 5.27. The maximum absolute atomic E-state index is 13.6. The molecule has 1 aliphatic heterocycles. The molecule has 0 bridgehead atoms. The second-order valence-corrected chi connectivity index (χ2v) is 9.31. The molecule has 2 heterocycles. The number of piperazine rings is 1. The van der Waals surface area contributed by atoms with Crippen molar-refractivity contribution in [3.05, 3.63) is 95.3 Å². The Kier molecular flexibility index (Phi) is 7.80. The van der Waals surface area contributed by atoms with E-state index >= 15 is 0 Å². The third kappa shape index (κ3) is 5.59. The van der Waals surface area contributed by atoms with E-state index in [9.17, 15) is 13.2 Å². The van der Waals surface area contributed by atoms with E-state index in [0.29, 0.717) is 29.1 Å². The number of alkyl halides is 3. The standard InChI is InChI=1S/C28H29F3N6O2/c1-38-24-14-13-23(37-27(28(29,30)31)33-34-35-37)26(39-2)21(24)17-36-16-15-32-22(18-36)25(19-9-5-3-6-10-19)20-11-7-4-8-12-20/h3-14,22,25,32H,15-18H2,1-2H3/t22-/m0/s1. The summed E-state index contributed by atoms with van der Waals surface area (Å²) in [5, 5.41) is 13.7. The summed E-state index contributed by atoms with van der Waals surface area (Å²) in [7, 11) is 2.94. The van der Waals surface area contributed by atoms with Gasteiger partial charge in [-0.3, -0.25) is 4.90 Å². The number of hydrogen-bond donors (Lipinski definition) is 1. The van der Waals surface area contributed by atoms with Crippen molar-refractivity contribution in [3.63, 3.8) is 0 Å². The Morgan fingerprint density at radius 3 is 2.21 bits per heavy atom. The van der Waals surface area contributed by atoms with Gasteiger partial charge in [0.25, 0.3) is 5.82 Å². The van der Waals surface area contributed by atoms with Crippen LogP contribution in [-0.4, -0.2) is 65.0 Å². The number of tetrazole rings is 1. The lowest BCUT2D eigenvalue weighted by molar-refractivity contribution is -0.146. The van der Waals surface area contributed by atoms with Crippen LogP contribution in [0.25, 0.3) is 5.69 Å². The first-order valence-electron chi connectivity index (χ1n) is 12.6. The van der Waals surface area contributed by atoms with Crippen LogP contribution >= 0.6 is 0 Å². The molecule has 4 aromatic rings. The number of benzene rings is 3. The normalized spacial score (nSPS) is 16.4. The molecule has 11 heteroatoms. The van der Waals surface area contributed by atoms with Crippen LogP contribution in [0.1, 0.15) is 28.4 Å². The topological polar surface area (TPSA) is 77.3 Å². The van der Waals surface area contributed by atoms with Crippen LogP contribution in [0.3, 0.4) is 0 Å².